The first-order chi connectivity index (χ1) is 9.15. The summed E-state index contributed by atoms with van der Waals surface area (Å²) >= 11 is 0. The van der Waals surface area contributed by atoms with Crippen LogP contribution in [0.3, 0.4) is 0 Å². The predicted octanol–water partition coefficient (Wildman–Crippen LogP) is 1.24. The summed E-state index contributed by atoms with van der Waals surface area (Å²) in [4.78, 5) is 12.5. The average Bonchev–Trinajstić information content (AvgIpc) is 2.41. The number of anilines is 2. The van der Waals surface area contributed by atoms with Crippen LogP contribution in [0.4, 0.5) is 17.1 Å². The number of benzene rings is 1. The zero-order valence-corrected chi connectivity index (χ0v) is 12.1. The van der Waals surface area contributed by atoms with Crippen molar-refractivity contribution in [3.05, 3.63) is 28.3 Å². The smallest absolute Gasteiger partial charge is 0.315 e. The van der Waals surface area contributed by atoms with Crippen molar-refractivity contribution in [3.8, 4) is 0 Å². The van der Waals surface area contributed by atoms with Gasteiger partial charge in [-0.15, -0.1) is 12.4 Å². The van der Waals surface area contributed by atoms with Crippen LogP contribution < -0.4 is 10.2 Å². The van der Waals surface area contributed by atoms with Crippen LogP contribution in [-0.4, -0.2) is 48.0 Å². The highest BCUT2D eigenvalue weighted by Gasteiger charge is 2.22. The fraction of sp³-hybridized carbons (Fsp3) is 0.500. The maximum absolute atomic E-state index is 11.2. The maximum atomic E-state index is 11.2. The number of hydrogen-bond donors (Lipinski definition) is 3. The number of halogens is 1. The van der Waals surface area contributed by atoms with Crippen molar-refractivity contribution in [2.45, 2.75) is 6.92 Å². The molecule has 20 heavy (non-hydrogen) atoms. The third-order valence-corrected chi connectivity index (χ3v) is 2.72. The van der Waals surface area contributed by atoms with Gasteiger partial charge in [0.1, 0.15) is 11.4 Å². The van der Waals surface area contributed by atoms with E-state index in [-0.39, 0.29) is 37.9 Å². The number of nitro groups is 1. The molecule has 0 aromatic heterocycles. The van der Waals surface area contributed by atoms with E-state index in [2.05, 4.69) is 5.32 Å². The monoisotopic (exact) mass is 305 g/mol. The Kier molecular flexibility index (Phi) is 8.62. The van der Waals surface area contributed by atoms with Crippen LogP contribution in [-0.2, 0) is 0 Å². The van der Waals surface area contributed by atoms with E-state index in [9.17, 15) is 10.1 Å². The van der Waals surface area contributed by atoms with Crippen LogP contribution in [0.1, 0.15) is 6.92 Å². The van der Waals surface area contributed by atoms with Gasteiger partial charge in [0.15, 0.2) is 0 Å². The number of nitro benzene ring substituents is 1. The van der Waals surface area contributed by atoms with Crippen molar-refractivity contribution in [3.63, 3.8) is 0 Å². The molecule has 0 radical (unpaired) electrons. The van der Waals surface area contributed by atoms with Crippen LogP contribution in [0.15, 0.2) is 18.2 Å². The van der Waals surface area contributed by atoms with Crippen molar-refractivity contribution < 1.29 is 15.1 Å². The van der Waals surface area contributed by atoms with Gasteiger partial charge in [-0.25, -0.2) is 0 Å². The van der Waals surface area contributed by atoms with Gasteiger partial charge in [-0.1, -0.05) is 6.07 Å². The molecule has 1 aromatic carbocycles. The summed E-state index contributed by atoms with van der Waals surface area (Å²) in [5.41, 5.74) is 0.795. The fourth-order valence-electron chi connectivity index (χ4n) is 1.88. The lowest BCUT2D eigenvalue weighted by atomic mass is 10.2. The molecule has 1 aromatic rings. The molecule has 0 aliphatic rings. The summed E-state index contributed by atoms with van der Waals surface area (Å²) < 4.78 is 0. The van der Waals surface area contributed by atoms with Gasteiger partial charge in [0.2, 0.25) is 0 Å². The van der Waals surface area contributed by atoms with E-state index in [0.29, 0.717) is 24.5 Å². The van der Waals surface area contributed by atoms with Crippen molar-refractivity contribution >= 4 is 29.5 Å². The zero-order valence-electron chi connectivity index (χ0n) is 11.3. The second-order valence-electron chi connectivity index (χ2n) is 3.88. The second kappa shape index (κ2) is 9.35. The van der Waals surface area contributed by atoms with E-state index in [1.165, 1.54) is 0 Å². The van der Waals surface area contributed by atoms with Crippen LogP contribution >= 0.6 is 12.4 Å². The first-order valence-corrected chi connectivity index (χ1v) is 6.13. The third-order valence-electron chi connectivity index (χ3n) is 2.72. The van der Waals surface area contributed by atoms with E-state index in [0.717, 1.165) is 0 Å². The number of nitrogens with one attached hydrogen (secondary N) is 1. The summed E-state index contributed by atoms with van der Waals surface area (Å²) in [5.74, 6) is 0. The second-order valence-corrected chi connectivity index (χ2v) is 3.88. The van der Waals surface area contributed by atoms with Gasteiger partial charge in [0.25, 0.3) is 0 Å². The Bertz CT molecular complexity index is 431. The number of rotatable bonds is 8. The van der Waals surface area contributed by atoms with E-state index in [1.54, 1.807) is 23.1 Å². The molecule has 0 amide bonds. The number of nitrogens with zero attached hydrogens (tertiary/aromatic N) is 2. The van der Waals surface area contributed by atoms with E-state index < -0.39 is 4.92 Å². The highest BCUT2D eigenvalue weighted by molar-refractivity contribution is 5.85. The summed E-state index contributed by atoms with van der Waals surface area (Å²) in [6.45, 7) is 2.84. The first kappa shape index (κ1) is 18.4. The fourth-order valence-corrected chi connectivity index (χ4v) is 1.88. The molecule has 3 N–H and O–H groups in total. The quantitative estimate of drug-likeness (QED) is 0.494. The topological polar surface area (TPSA) is 98.9 Å². The maximum Gasteiger partial charge on any atom is 0.315 e. The molecular weight excluding hydrogens is 286 g/mol. The van der Waals surface area contributed by atoms with Gasteiger partial charge in [-0.05, 0) is 19.1 Å². The van der Waals surface area contributed by atoms with E-state index in [4.69, 9.17) is 10.2 Å². The van der Waals surface area contributed by atoms with Gasteiger partial charge in [-0.3, -0.25) is 10.1 Å². The zero-order chi connectivity index (χ0) is 14.3. The van der Waals surface area contributed by atoms with Crippen molar-refractivity contribution in [2.75, 3.05) is 43.1 Å². The Morgan fingerprint density at radius 3 is 2.55 bits per heavy atom. The molecule has 7 nitrogen and oxygen atoms in total. The molecule has 0 heterocycles. The lowest BCUT2D eigenvalue weighted by molar-refractivity contribution is -0.383. The van der Waals surface area contributed by atoms with Gasteiger partial charge < -0.3 is 20.4 Å². The molecule has 0 saturated heterocycles. The Morgan fingerprint density at radius 2 is 2.05 bits per heavy atom. The molecular formula is C12H20ClN3O4. The van der Waals surface area contributed by atoms with Crippen LogP contribution in [0.5, 0.6) is 0 Å². The number of aliphatic hydroxyl groups is 2. The number of aliphatic hydroxyl groups excluding tert-OH is 2. The number of hydrogen-bond acceptors (Lipinski definition) is 6. The van der Waals surface area contributed by atoms with Crippen LogP contribution in [0.25, 0.3) is 0 Å². The average molecular weight is 306 g/mol. The summed E-state index contributed by atoms with van der Waals surface area (Å²) in [6, 6.07) is 4.97. The molecule has 0 spiro atoms. The molecule has 0 unspecified atom stereocenters. The Hall–Kier alpha value is -1.57. The van der Waals surface area contributed by atoms with Gasteiger partial charge in [0, 0.05) is 19.6 Å². The van der Waals surface area contributed by atoms with Crippen LogP contribution in [0.2, 0.25) is 0 Å². The normalized spacial score (nSPS) is 9.75. The lowest BCUT2D eigenvalue weighted by Crippen LogP contribution is -2.27. The molecule has 0 atom stereocenters. The molecule has 0 aliphatic carbocycles. The predicted molar refractivity (Wildman–Crippen MR) is 80.9 cm³/mol. The minimum Gasteiger partial charge on any atom is -0.395 e. The van der Waals surface area contributed by atoms with Gasteiger partial charge in [-0.2, -0.15) is 0 Å². The SMILES string of the molecule is CCN(CCO)c1cccc(NCCO)c1[N+](=O)[O-].Cl. The molecule has 8 heteroatoms. The summed E-state index contributed by atoms with van der Waals surface area (Å²) in [6.07, 6.45) is 0. The van der Waals surface area contributed by atoms with E-state index >= 15 is 0 Å². The Labute approximate surface area is 123 Å². The van der Waals surface area contributed by atoms with Crippen molar-refractivity contribution in [1.29, 1.82) is 0 Å². The molecule has 114 valence electrons. The van der Waals surface area contributed by atoms with E-state index in [1.807, 2.05) is 6.92 Å². The largest absolute Gasteiger partial charge is 0.395 e. The first-order valence-electron chi connectivity index (χ1n) is 6.13. The Morgan fingerprint density at radius 1 is 1.35 bits per heavy atom. The Balaban J connectivity index is 0.00000361. The van der Waals surface area contributed by atoms with Gasteiger partial charge in [0.05, 0.1) is 18.1 Å². The van der Waals surface area contributed by atoms with Crippen LogP contribution in [0, 0.1) is 10.1 Å². The number of para-hydroxylation sites is 1. The highest BCUT2D eigenvalue weighted by Crippen LogP contribution is 2.35. The molecule has 1 rings (SSSR count). The summed E-state index contributed by atoms with van der Waals surface area (Å²) in [7, 11) is 0. The number of likely N-dealkylation sites (N-methyl/N-ethyl adjacent to an activating group) is 1. The minimum absolute atomic E-state index is 0. The minimum atomic E-state index is -0.449. The van der Waals surface area contributed by atoms with Crippen molar-refractivity contribution in [2.24, 2.45) is 0 Å². The highest BCUT2D eigenvalue weighted by atomic mass is 35.5. The van der Waals surface area contributed by atoms with Crippen molar-refractivity contribution in [1.82, 2.24) is 0 Å². The van der Waals surface area contributed by atoms with Gasteiger partial charge >= 0.3 is 5.69 Å². The molecule has 0 fully saturated rings. The molecule has 0 bridgehead atoms. The lowest BCUT2D eigenvalue weighted by Gasteiger charge is -2.22. The molecule has 0 saturated carbocycles. The third kappa shape index (κ3) is 4.52. The standard InChI is InChI=1S/C12H19N3O4.ClH/c1-2-14(7-9-17)11-5-3-4-10(13-6-8-16)12(11)15(18)19;/h3-5,13,16-17H,2,6-9H2,1H3;1H. The molecule has 0 aliphatic heterocycles. The summed E-state index contributed by atoms with van der Waals surface area (Å²) in [5, 5.41) is 31.9.